The number of ether oxygens (including phenoxy) is 1. The molecule has 1 amide bonds. The summed E-state index contributed by atoms with van der Waals surface area (Å²) in [6.45, 7) is 4.63. The Balaban J connectivity index is 1.62. The van der Waals surface area contributed by atoms with E-state index in [4.69, 9.17) is 17.0 Å². The number of thiocarbonyl (C=S) groups is 1. The van der Waals surface area contributed by atoms with Gasteiger partial charge in [-0.15, -0.1) is 0 Å². The van der Waals surface area contributed by atoms with Crippen molar-refractivity contribution >= 4 is 28.9 Å². The maximum atomic E-state index is 12.6. The lowest BCUT2D eigenvalue weighted by Gasteiger charge is -2.15. The Labute approximate surface area is 188 Å². The first-order chi connectivity index (χ1) is 15.0. The minimum atomic E-state index is -0.361. The van der Waals surface area contributed by atoms with Crippen LogP contribution in [0.1, 0.15) is 47.7 Å². The predicted molar refractivity (Wildman–Crippen MR) is 128 cm³/mol. The monoisotopic (exact) mass is 434 g/mol. The highest BCUT2D eigenvalue weighted by Gasteiger charge is 2.12. The molecule has 0 heterocycles. The Bertz CT molecular complexity index is 1050. The molecule has 31 heavy (non-hydrogen) atoms. The van der Waals surface area contributed by atoms with Gasteiger partial charge in [-0.3, -0.25) is 10.1 Å². The molecule has 0 bridgehead atoms. The van der Waals surface area contributed by atoms with Crippen LogP contribution in [0.25, 0.3) is 0 Å². The summed E-state index contributed by atoms with van der Waals surface area (Å²) < 4.78 is 5.78. The zero-order valence-corrected chi connectivity index (χ0v) is 18.4. The number of benzene rings is 3. The van der Waals surface area contributed by atoms with Crippen molar-refractivity contribution in [2.24, 2.45) is 0 Å². The number of rotatable bonds is 7. The summed E-state index contributed by atoms with van der Waals surface area (Å²) in [5.41, 5.74) is 3.01. The first kappa shape index (κ1) is 22.3. The number of phenolic OH excluding ortho intramolecular Hbond substituents is 1. The van der Waals surface area contributed by atoms with Crippen molar-refractivity contribution in [2.45, 2.75) is 32.8 Å². The van der Waals surface area contributed by atoms with Crippen LogP contribution in [-0.4, -0.2) is 16.1 Å². The smallest absolute Gasteiger partial charge is 0.257 e. The molecule has 0 fully saturated rings. The van der Waals surface area contributed by atoms with Gasteiger partial charge in [0, 0.05) is 5.56 Å². The molecule has 0 aromatic heterocycles. The van der Waals surface area contributed by atoms with Crippen molar-refractivity contribution in [1.82, 2.24) is 5.32 Å². The molecule has 0 saturated carbocycles. The maximum Gasteiger partial charge on any atom is 0.257 e. The molecule has 6 heteroatoms. The van der Waals surface area contributed by atoms with Crippen molar-refractivity contribution in [3.63, 3.8) is 0 Å². The molecule has 160 valence electrons. The number of hydrogen-bond acceptors (Lipinski definition) is 4. The third kappa shape index (κ3) is 6.30. The van der Waals surface area contributed by atoms with Crippen molar-refractivity contribution in [3.8, 4) is 11.5 Å². The Hall–Kier alpha value is -3.38. The summed E-state index contributed by atoms with van der Waals surface area (Å²) in [5, 5.41) is 15.8. The largest absolute Gasteiger partial charge is 0.506 e. The summed E-state index contributed by atoms with van der Waals surface area (Å²) in [7, 11) is 0. The number of phenols is 1. The summed E-state index contributed by atoms with van der Waals surface area (Å²) >= 11 is 5.27. The van der Waals surface area contributed by atoms with Gasteiger partial charge in [0.05, 0.1) is 5.69 Å². The highest BCUT2D eigenvalue weighted by molar-refractivity contribution is 7.80. The second-order valence-corrected chi connectivity index (χ2v) is 7.70. The predicted octanol–water partition coefficient (Wildman–Crippen LogP) is 5.61. The third-order valence-electron chi connectivity index (χ3n) is 5.02. The van der Waals surface area contributed by atoms with Gasteiger partial charge in [0.1, 0.15) is 18.1 Å². The molecule has 3 aromatic carbocycles. The lowest BCUT2D eigenvalue weighted by Crippen LogP contribution is -2.34. The molecule has 1 atom stereocenters. The average Bonchev–Trinajstić information content (AvgIpc) is 2.79. The minimum Gasteiger partial charge on any atom is -0.506 e. The topological polar surface area (TPSA) is 70.6 Å². The molecule has 0 aliphatic heterocycles. The Kier molecular flexibility index (Phi) is 7.62. The summed E-state index contributed by atoms with van der Waals surface area (Å²) in [5.74, 6) is 0.650. The molecular formula is C25H26N2O3S. The number of hydrogen-bond donors (Lipinski definition) is 3. The van der Waals surface area contributed by atoms with Crippen LogP contribution in [0.2, 0.25) is 0 Å². The first-order valence-corrected chi connectivity index (χ1v) is 10.6. The zero-order valence-electron chi connectivity index (χ0n) is 17.6. The van der Waals surface area contributed by atoms with Crippen LogP contribution in [0.4, 0.5) is 5.69 Å². The van der Waals surface area contributed by atoms with E-state index in [1.54, 1.807) is 30.3 Å². The molecule has 0 radical (unpaired) electrons. The summed E-state index contributed by atoms with van der Waals surface area (Å²) in [4.78, 5) is 12.6. The van der Waals surface area contributed by atoms with E-state index in [0.717, 1.165) is 17.5 Å². The van der Waals surface area contributed by atoms with Gasteiger partial charge in [-0.1, -0.05) is 56.3 Å². The number of carbonyl (C=O) groups excluding carboxylic acids is 1. The van der Waals surface area contributed by atoms with Gasteiger partial charge < -0.3 is 15.2 Å². The van der Waals surface area contributed by atoms with E-state index >= 15 is 0 Å². The SMILES string of the molecule is CC[C@H](C)c1ccc(O)c(NC(=S)NC(=O)c2cccc(OCc3ccccc3)c2)c1. The molecule has 0 spiro atoms. The molecule has 0 aliphatic rings. The first-order valence-electron chi connectivity index (χ1n) is 10.2. The molecule has 0 unspecified atom stereocenters. The van der Waals surface area contributed by atoms with E-state index in [1.165, 1.54) is 0 Å². The third-order valence-corrected chi connectivity index (χ3v) is 5.23. The van der Waals surface area contributed by atoms with E-state index < -0.39 is 0 Å². The number of nitrogens with one attached hydrogen (secondary N) is 2. The van der Waals surface area contributed by atoms with Gasteiger partial charge >= 0.3 is 0 Å². The number of carbonyl (C=O) groups is 1. The highest BCUT2D eigenvalue weighted by Crippen LogP contribution is 2.29. The van der Waals surface area contributed by atoms with E-state index in [0.29, 0.717) is 29.5 Å². The lowest BCUT2D eigenvalue weighted by molar-refractivity contribution is 0.0977. The lowest BCUT2D eigenvalue weighted by atomic mass is 9.98. The molecule has 3 rings (SSSR count). The highest BCUT2D eigenvalue weighted by atomic mass is 32.1. The van der Waals surface area contributed by atoms with Gasteiger partial charge in [-0.25, -0.2) is 0 Å². The fourth-order valence-electron chi connectivity index (χ4n) is 2.99. The number of aromatic hydroxyl groups is 1. The van der Waals surface area contributed by atoms with Crippen LogP contribution in [0, 0.1) is 0 Å². The molecule has 5 nitrogen and oxygen atoms in total. The van der Waals surface area contributed by atoms with Crippen LogP contribution >= 0.6 is 12.2 Å². The van der Waals surface area contributed by atoms with Crippen molar-refractivity contribution in [2.75, 3.05) is 5.32 Å². The van der Waals surface area contributed by atoms with Crippen LogP contribution in [0.15, 0.2) is 72.8 Å². The van der Waals surface area contributed by atoms with E-state index in [-0.39, 0.29) is 16.8 Å². The second kappa shape index (κ2) is 10.6. The molecule has 3 aromatic rings. The van der Waals surface area contributed by atoms with Gasteiger partial charge in [0.25, 0.3) is 5.91 Å². The Morgan fingerprint density at radius 1 is 1.06 bits per heavy atom. The van der Waals surface area contributed by atoms with Gasteiger partial charge in [-0.05, 0) is 66.0 Å². The Morgan fingerprint density at radius 2 is 1.84 bits per heavy atom. The average molecular weight is 435 g/mol. The van der Waals surface area contributed by atoms with Crippen LogP contribution in [0.3, 0.4) is 0 Å². The fourth-order valence-corrected chi connectivity index (χ4v) is 3.20. The maximum absolute atomic E-state index is 12.6. The van der Waals surface area contributed by atoms with Crippen LogP contribution in [-0.2, 0) is 6.61 Å². The van der Waals surface area contributed by atoms with E-state index in [2.05, 4.69) is 24.5 Å². The quantitative estimate of drug-likeness (QED) is 0.333. The number of amides is 1. The van der Waals surface area contributed by atoms with E-state index in [1.807, 2.05) is 42.5 Å². The molecule has 3 N–H and O–H groups in total. The van der Waals surface area contributed by atoms with Crippen molar-refractivity contribution in [3.05, 3.63) is 89.5 Å². The molecule has 0 aliphatic carbocycles. The Morgan fingerprint density at radius 3 is 2.58 bits per heavy atom. The second-order valence-electron chi connectivity index (χ2n) is 7.30. The summed E-state index contributed by atoms with van der Waals surface area (Å²) in [6, 6.07) is 22.1. The normalized spacial score (nSPS) is 11.4. The minimum absolute atomic E-state index is 0.0694. The molecular weight excluding hydrogens is 408 g/mol. The van der Waals surface area contributed by atoms with Crippen LogP contribution < -0.4 is 15.4 Å². The summed E-state index contributed by atoms with van der Waals surface area (Å²) in [6.07, 6.45) is 0.980. The van der Waals surface area contributed by atoms with Gasteiger partial charge in [0.15, 0.2) is 5.11 Å². The van der Waals surface area contributed by atoms with Crippen molar-refractivity contribution < 1.29 is 14.6 Å². The van der Waals surface area contributed by atoms with Gasteiger partial charge in [-0.2, -0.15) is 0 Å². The van der Waals surface area contributed by atoms with E-state index in [9.17, 15) is 9.90 Å². The van der Waals surface area contributed by atoms with Gasteiger partial charge in [0.2, 0.25) is 0 Å². The van der Waals surface area contributed by atoms with Crippen LogP contribution in [0.5, 0.6) is 11.5 Å². The van der Waals surface area contributed by atoms with Crippen molar-refractivity contribution in [1.29, 1.82) is 0 Å². The zero-order chi connectivity index (χ0) is 22.2. The molecule has 0 saturated heterocycles. The number of anilines is 1. The fraction of sp³-hybridized carbons (Fsp3) is 0.200. The standard InChI is InChI=1S/C25H26N2O3S/c1-3-17(2)19-12-13-23(28)22(15-19)26-25(31)27-24(29)20-10-7-11-21(14-20)30-16-18-8-5-4-6-9-18/h4-15,17,28H,3,16H2,1-2H3,(H2,26,27,29,31)/t17-/m0/s1.